The highest BCUT2D eigenvalue weighted by molar-refractivity contribution is 5.91. The Balaban J connectivity index is 2.10. The molecule has 0 fully saturated rings. The van der Waals surface area contributed by atoms with Gasteiger partial charge in [0.25, 0.3) is 11.5 Å². The second-order valence-corrected chi connectivity index (χ2v) is 4.32. The van der Waals surface area contributed by atoms with E-state index in [1.54, 1.807) is 14.2 Å². The van der Waals surface area contributed by atoms with Crippen LogP contribution in [0.25, 0.3) is 0 Å². The van der Waals surface area contributed by atoms with Crippen LogP contribution in [-0.2, 0) is 6.54 Å². The fraction of sp³-hybridized carbons (Fsp3) is 0.214. The van der Waals surface area contributed by atoms with Gasteiger partial charge in [-0.25, -0.2) is 5.10 Å². The third-order valence-corrected chi connectivity index (χ3v) is 2.80. The standard InChI is InChI=1S/C14H15N3O3/c1-17(9-10-4-3-5-11(8-10)20-2)14(19)12-6-7-13(18)16-15-12/h3-8H,9H2,1-2H3,(H,16,18). The highest BCUT2D eigenvalue weighted by Crippen LogP contribution is 2.14. The molecule has 0 saturated heterocycles. The number of rotatable bonds is 4. The van der Waals surface area contributed by atoms with E-state index in [4.69, 9.17) is 4.74 Å². The Hall–Kier alpha value is -2.63. The molecule has 0 aliphatic carbocycles. The van der Waals surface area contributed by atoms with Gasteiger partial charge in [0.1, 0.15) is 11.4 Å². The van der Waals surface area contributed by atoms with Gasteiger partial charge in [0.05, 0.1) is 7.11 Å². The lowest BCUT2D eigenvalue weighted by Gasteiger charge is -2.16. The molecule has 2 aromatic rings. The summed E-state index contributed by atoms with van der Waals surface area (Å²) in [7, 11) is 3.27. The Morgan fingerprint density at radius 3 is 2.80 bits per heavy atom. The van der Waals surface area contributed by atoms with Gasteiger partial charge in [0, 0.05) is 19.7 Å². The van der Waals surface area contributed by atoms with E-state index >= 15 is 0 Å². The summed E-state index contributed by atoms with van der Waals surface area (Å²) in [6.45, 7) is 0.427. The Bertz CT molecular complexity index is 646. The molecular formula is C14H15N3O3. The third-order valence-electron chi connectivity index (χ3n) is 2.80. The van der Waals surface area contributed by atoms with E-state index in [1.165, 1.54) is 17.0 Å². The van der Waals surface area contributed by atoms with Crippen LogP contribution in [-0.4, -0.2) is 35.2 Å². The van der Waals surface area contributed by atoms with Crippen LogP contribution < -0.4 is 10.3 Å². The summed E-state index contributed by atoms with van der Waals surface area (Å²) in [6, 6.07) is 10.2. The fourth-order valence-electron chi connectivity index (χ4n) is 1.78. The van der Waals surface area contributed by atoms with Gasteiger partial charge in [-0.3, -0.25) is 9.59 Å². The number of hydrogen-bond acceptors (Lipinski definition) is 4. The Labute approximate surface area is 116 Å². The topological polar surface area (TPSA) is 75.3 Å². The van der Waals surface area contributed by atoms with E-state index in [-0.39, 0.29) is 17.2 Å². The molecule has 1 aromatic carbocycles. The summed E-state index contributed by atoms with van der Waals surface area (Å²) in [4.78, 5) is 24.6. The molecule has 1 amide bonds. The zero-order valence-electron chi connectivity index (χ0n) is 11.3. The summed E-state index contributed by atoms with van der Waals surface area (Å²) in [5, 5.41) is 5.97. The number of hydrogen-bond donors (Lipinski definition) is 1. The fourth-order valence-corrected chi connectivity index (χ4v) is 1.78. The van der Waals surface area contributed by atoms with Crippen LogP contribution in [0.5, 0.6) is 5.75 Å². The summed E-state index contributed by atoms with van der Waals surface area (Å²) >= 11 is 0. The lowest BCUT2D eigenvalue weighted by Crippen LogP contribution is -2.28. The van der Waals surface area contributed by atoms with E-state index in [0.29, 0.717) is 6.54 Å². The van der Waals surface area contributed by atoms with Crippen LogP contribution in [0.3, 0.4) is 0 Å². The van der Waals surface area contributed by atoms with Gasteiger partial charge in [-0.05, 0) is 23.8 Å². The predicted octanol–water partition coefficient (Wildman–Crippen LogP) is 1.05. The normalized spacial score (nSPS) is 10.1. The van der Waals surface area contributed by atoms with Crippen molar-refractivity contribution < 1.29 is 9.53 Å². The summed E-state index contributed by atoms with van der Waals surface area (Å²) in [5.74, 6) is 0.481. The van der Waals surface area contributed by atoms with Gasteiger partial charge in [-0.2, -0.15) is 5.10 Å². The van der Waals surface area contributed by atoms with Gasteiger partial charge >= 0.3 is 0 Å². The number of aromatic nitrogens is 2. The van der Waals surface area contributed by atoms with Crippen molar-refractivity contribution in [1.29, 1.82) is 0 Å². The zero-order valence-corrected chi connectivity index (χ0v) is 11.3. The van der Waals surface area contributed by atoms with E-state index in [2.05, 4.69) is 10.2 Å². The second kappa shape index (κ2) is 6.01. The summed E-state index contributed by atoms with van der Waals surface area (Å²) < 4.78 is 5.14. The Morgan fingerprint density at radius 2 is 2.15 bits per heavy atom. The number of nitrogens with zero attached hydrogens (tertiary/aromatic N) is 2. The van der Waals surface area contributed by atoms with Crippen molar-refractivity contribution >= 4 is 5.91 Å². The minimum absolute atomic E-state index is 0.204. The molecule has 0 unspecified atom stereocenters. The number of carbonyl (C=O) groups is 1. The maximum atomic E-state index is 12.1. The molecule has 0 radical (unpaired) electrons. The number of methoxy groups -OCH3 is 1. The minimum atomic E-state index is -0.336. The number of carbonyl (C=O) groups excluding carboxylic acids is 1. The molecule has 20 heavy (non-hydrogen) atoms. The van der Waals surface area contributed by atoms with E-state index in [9.17, 15) is 9.59 Å². The average Bonchev–Trinajstić information content (AvgIpc) is 2.47. The van der Waals surface area contributed by atoms with Crippen molar-refractivity contribution in [2.24, 2.45) is 0 Å². The predicted molar refractivity (Wildman–Crippen MR) is 73.6 cm³/mol. The molecule has 1 aromatic heterocycles. The molecule has 2 rings (SSSR count). The SMILES string of the molecule is COc1cccc(CN(C)C(=O)c2ccc(=O)[nH]n2)c1. The van der Waals surface area contributed by atoms with E-state index in [1.807, 2.05) is 24.3 Å². The molecule has 0 bridgehead atoms. The quantitative estimate of drug-likeness (QED) is 0.903. The molecule has 0 aliphatic rings. The molecule has 0 saturated carbocycles. The maximum Gasteiger partial charge on any atom is 0.274 e. The molecule has 1 heterocycles. The smallest absolute Gasteiger partial charge is 0.274 e. The monoisotopic (exact) mass is 273 g/mol. The van der Waals surface area contributed by atoms with E-state index in [0.717, 1.165) is 11.3 Å². The first-order valence-electron chi connectivity index (χ1n) is 6.04. The number of benzene rings is 1. The van der Waals surface area contributed by atoms with E-state index < -0.39 is 0 Å². The second-order valence-electron chi connectivity index (χ2n) is 4.32. The lowest BCUT2D eigenvalue weighted by atomic mass is 10.2. The molecule has 0 atom stereocenters. The highest BCUT2D eigenvalue weighted by Gasteiger charge is 2.13. The summed E-state index contributed by atoms with van der Waals surface area (Å²) in [6.07, 6.45) is 0. The molecule has 1 N–H and O–H groups in total. The molecule has 6 nitrogen and oxygen atoms in total. The Morgan fingerprint density at radius 1 is 1.35 bits per heavy atom. The molecule has 104 valence electrons. The van der Waals surface area contributed by atoms with Crippen molar-refractivity contribution in [2.75, 3.05) is 14.2 Å². The number of amides is 1. The van der Waals surface area contributed by atoms with Crippen LogP contribution >= 0.6 is 0 Å². The third kappa shape index (κ3) is 3.23. The minimum Gasteiger partial charge on any atom is -0.497 e. The van der Waals surface area contributed by atoms with Crippen LogP contribution in [0.4, 0.5) is 0 Å². The average molecular weight is 273 g/mol. The van der Waals surface area contributed by atoms with Gasteiger partial charge in [-0.15, -0.1) is 0 Å². The molecular weight excluding hydrogens is 258 g/mol. The van der Waals surface area contributed by atoms with Crippen molar-refractivity contribution in [3.63, 3.8) is 0 Å². The van der Waals surface area contributed by atoms with Gasteiger partial charge in [0.2, 0.25) is 0 Å². The van der Waals surface area contributed by atoms with Crippen molar-refractivity contribution in [1.82, 2.24) is 15.1 Å². The van der Waals surface area contributed by atoms with Crippen molar-refractivity contribution in [2.45, 2.75) is 6.54 Å². The largest absolute Gasteiger partial charge is 0.497 e. The number of H-pyrrole nitrogens is 1. The maximum absolute atomic E-state index is 12.1. The lowest BCUT2D eigenvalue weighted by molar-refractivity contribution is 0.0778. The van der Waals surface area contributed by atoms with Crippen LogP contribution in [0.1, 0.15) is 16.1 Å². The van der Waals surface area contributed by atoms with Crippen LogP contribution in [0.2, 0.25) is 0 Å². The first kappa shape index (κ1) is 13.8. The number of nitrogens with one attached hydrogen (secondary N) is 1. The zero-order chi connectivity index (χ0) is 14.5. The van der Waals surface area contributed by atoms with Gasteiger partial charge in [0.15, 0.2) is 0 Å². The Kier molecular flexibility index (Phi) is 4.14. The molecule has 0 spiro atoms. The summed E-state index contributed by atoms with van der Waals surface area (Å²) in [5.41, 5.74) is 0.816. The van der Waals surface area contributed by atoms with Gasteiger partial charge in [-0.1, -0.05) is 12.1 Å². The van der Waals surface area contributed by atoms with Crippen LogP contribution in [0, 0.1) is 0 Å². The van der Waals surface area contributed by atoms with Crippen molar-refractivity contribution in [3.05, 3.63) is 58.0 Å². The first-order valence-corrected chi connectivity index (χ1v) is 6.04. The first-order chi connectivity index (χ1) is 9.60. The van der Waals surface area contributed by atoms with Crippen molar-refractivity contribution in [3.8, 4) is 5.75 Å². The van der Waals surface area contributed by atoms with Crippen LogP contribution in [0.15, 0.2) is 41.2 Å². The highest BCUT2D eigenvalue weighted by atomic mass is 16.5. The number of aromatic amines is 1. The van der Waals surface area contributed by atoms with Gasteiger partial charge < -0.3 is 9.64 Å². The number of ether oxygens (including phenoxy) is 1. The molecule has 6 heteroatoms. The molecule has 0 aliphatic heterocycles.